The molecule has 0 heterocycles. The molecule has 2 nitrogen and oxygen atoms in total. The van der Waals surface area contributed by atoms with Gasteiger partial charge >= 0.3 is 0 Å². The second kappa shape index (κ2) is 5.96. The lowest BCUT2D eigenvalue weighted by molar-refractivity contribution is -0.153. The summed E-state index contributed by atoms with van der Waals surface area (Å²) in [4.78, 5) is 0. The van der Waals surface area contributed by atoms with Gasteiger partial charge in [0, 0.05) is 12.0 Å². The summed E-state index contributed by atoms with van der Waals surface area (Å²) in [6.45, 7) is 7.60. The van der Waals surface area contributed by atoms with Gasteiger partial charge in [-0.05, 0) is 43.4 Å². The first kappa shape index (κ1) is 16.3. The molecular weight excluding hydrogens is 246 g/mol. The molecular formula is C18H35NO. The lowest BCUT2D eigenvalue weighted by Crippen LogP contribution is -2.57. The van der Waals surface area contributed by atoms with Crippen molar-refractivity contribution in [3.63, 3.8) is 0 Å². The summed E-state index contributed by atoms with van der Waals surface area (Å²) < 4.78 is 0. The molecule has 0 saturated heterocycles. The van der Waals surface area contributed by atoms with Gasteiger partial charge in [-0.25, -0.2) is 0 Å². The van der Waals surface area contributed by atoms with E-state index >= 15 is 0 Å². The van der Waals surface area contributed by atoms with Gasteiger partial charge < -0.3 is 10.8 Å². The Morgan fingerprint density at radius 2 is 1.55 bits per heavy atom. The zero-order valence-electron chi connectivity index (χ0n) is 13.9. The quantitative estimate of drug-likeness (QED) is 0.794. The van der Waals surface area contributed by atoms with Gasteiger partial charge in [0.05, 0.1) is 5.60 Å². The molecule has 0 aromatic rings. The predicted octanol–water partition coefficient (Wildman–Crippen LogP) is 4.25. The fourth-order valence-corrected chi connectivity index (χ4v) is 5.37. The monoisotopic (exact) mass is 281 g/mol. The first-order valence-corrected chi connectivity index (χ1v) is 8.75. The topological polar surface area (TPSA) is 46.2 Å². The number of rotatable bonds is 2. The summed E-state index contributed by atoms with van der Waals surface area (Å²) in [6.07, 6.45) is 11.9. The molecule has 0 amide bonds. The Morgan fingerprint density at radius 1 is 1.00 bits per heavy atom. The van der Waals surface area contributed by atoms with Crippen LogP contribution < -0.4 is 5.73 Å². The summed E-state index contributed by atoms with van der Waals surface area (Å²) in [5.74, 6) is 0.609. The van der Waals surface area contributed by atoms with Crippen LogP contribution in [0.5, 0.6) is 0 Å². The molecule has 2 rings (SSSR count). The summed E-state index contributed by atoms with van der Waals surface area (Å²) in [5.41, 5.74) is 5.93. The lowest BCUT2D eigenvalue weighted by atomic mass is 9.54. The van der Waals surface area contributed by atoms with E-state index < -0.39 is 5.60 Å². The smallest absolute Gasteiger partial charge is 0.0723 e. The van der Waals surface area contributed by atoms with Gasteiger partial charge in [0.15, 0.2) is 0 Å². The van der Waals surface area contributed by atoms with E-state index in [9.17, 15) is 5.11 Å². The maximum atomic E-state index is 11.6. The number of nitrogens with two attached hydrogens (primary N) is 1. The third-order valence-corrected chi connectivity index (χ3v) is 6.05. The van der Waals surface area contributed by atoms with Crippen LogP contribution in [0.25, 0.3) is 0 Å². The molecule has 2 saturated carbocycles. The van der Waals surface area contributed by atoms with Crippen LogP contribution in [0.1, 0.15) is 85.0 Å². The molecule has 0 radical (unpaired) electrons. The second-order valence-corrected chi connectivity index (χ2v) is 8.64. The van der Waals surface area contributed by atoms with E-state index in [4.69, 9.17) is 5.73 Å². The number of aliphatic hydroxyl groups is 1. The van der Waals surface area contributed by atoms with Gasteiger partial charge in [0.1, 0.15) is 0 Å². The molecule has 3 N–H and O–H groups in total. The Labute approximate surface area is 125 Å². The third kappa shape index (κ3) is 3.22. The highest BCUT2D eigenvalue weighted by atomic mass is 16.3. The molecule has 0 aromatic heterocycles. The molecule has 118 valence electrons. The summed E-state index contributed by atoms with van der Waals surface area (Å²) >= 11 is 0. The van der Waals surface area contributed by atoms with Crippen molar-refractivity contribution in [2.24, 2.45) is 22.5 Å². The number of hydrogen-bond acceptors (Lipinski definition) is 2. The van der Waals surface area contributed by atoms with Gasteiger partial charge in [-0.3, -0.25) is 0 Å². The first-order valence-electron chi connectivity index (χ1n) is 8.75. The van der Waals surface area contributed by atoms with E-state index in [1.807, 2.05) is 0 Å². The zero-order valence-corrected chi connectivity index (χ0v) is 13.9. The highest BCUT2D eigenvalue weighted by Crippen LogP contribution is 2.54. The van der Waals surface area contributed by atoms with Crippen LogP contribution in [0.3, 0.4) is 0 Å². The van der Waals surface area contributed by atoms with Crippen molar-refractivity contribution < 1.29 is 5.11 Å². The maximum absolute atomic E-state index is 11.6. The zero-order chi connectivity index (χ0) is 14.9. The van der Waals surface area contributed by atoms with Crippen molar-refractivity contribution in [1.82, 2.24) is 0 Å². The van der Waals surface area contributed by atoms with Gasteiger partial charge in [-0.2, -0.15) is 0 Å². The molecule has 2 aliphatic carbocycles. The molecule has 0 aliphatic heterocycles. The second-order valence-electron chi connectivity index (χ2n) is 8.64. The summed E-state index contributed by atoms with van der Waals surface area (Å²) in [7, 11) is 0. The maximum Gasteiger partial charge on any atom is 0.0723 e. The third-order valence-electron chi connectivity index (χ3n) is 6.05. The van der Waals surface area contributed by atoms with Crippen LogP contribution in [-0.4, -0.2) is 17.3 Å². The minimum absolute atomic E-state index is 0.0284. The van der Waals surface area contributed by atoms with Crippen molar-refractivity contribution in [1.29, 1.82) is 0 Å². The summed E-state index contributed by atoms with van der Waals surface area (Å²) in [5, 5.41) is 11.6. The van der Waals surface area contributed by atoms with E-state index in [1.54, 1.807) is 0 Å². The van der Waals surface area contributed by atoms with Gasteiger partial charge in [0.25, 0.3) is 0 Å². The van der Waals surface area contributed by atoms with E-state index in [-0.39, 0.29) is 10.8 Å². The largest absolute Gasteiger partial charge is 0.389 e. The van der Waals surface area contributed by atoms with Crippen LogP contribution in [0.4, 0.5) is 0 Å². The van der Waals surface area contributed by atoms with E-state index in [1.165, 1.54) is 38.5 Å². The molecule has 20 heavy (non-hydrogen) atoms. The Kier molecular flexibility index (Phi) is 4.86. The predicted molar refractivity (Wildman–Crippen MR) is 85.6 cm³/mol. The minimum atomic E-state index is -0.541. The molecule has 2 heteroatoms. The Bertz CT molecular complexity index is 317. The summed E-state index contributed by atoms with van der Waals surface area (Å²) in [6, 6.07) is 0. The van der Waals surface area contributed by atoms with Gasteiger partial charge in [-0.1, -0.05) is 52.9 Å². The SMILES string of the molecule is CC1CC(C)(C)CC(O)(C2(CN)CCCCCCC2)C1. The molecule has 0 spiro atoms. The van der Waals surface area contributed by atoms with Crippen LogP contribution in [0.15, 0.2) is 0 Å². The van der Waals surface area contributed by atoms with E-state index in [0.717, 1.165) is 25.7 Å². The molecule has 2 atom stereocenters. The Hall–Kier alpha value is -0.0800. The van der Waals surface area contributed by atoms with Gasteiger partial charge in [0.2, 0.25) is 0 Å². The van der Waals surface area contributed by atoms with E-state index in [0.29, 0.717) is 12.5 Å². The van der Waals surface area contributed by atoms with Crippen LogP contribution in [0.2, 0.25) is 0 Å². The molecule has 2 fully saturated rings. The normalized spacial score (nSPS) is 38.0. The molecule has 2 unspecified atom stereocenters. The van der Waals surface area contributed by atoms with Crippen molar-refractivity contribution in [3.05, 3.63) is 0 Å². The fourth-order valence-electron chi connectivity index (χ4n) is 5.37. The minimum Gasteiger partial charge on any atom is -0.389 e. The molecule has 0 aromatic carbocycles. The van der Waals surface area contributed by atoms with E-state index in [2.05, 4.69) is 20.8 Å². The Balaban J connectivity index is 2.26. The molecule has 2 aliphatic rings. The lowest BCUT2D eigenvalue weighted by Gasteiger charge is -2.55. The average molecular weight is 281 g/mol. The average Bonchev–Trinajstić information content (AvgIpc) is 2.25. The van der Waals surface area contributed by atoms with Crippen molar-refractivity contribution in [2.75, 3.05) is 6.54 Å². The first-order chi connectivity index (χ1) is 9.33. The van der Waals surface area contributed by atoms with Crippen molar-refractivity contribution in [2.45, 2.75) is 90.6 Å². The Morgan fingerprint density at radius 3 is 2.05 bits per heavy atom. The standard InChI is InChI=1S/C18H35NO/c1-15-11-16(2,3)13-18(20,12-15)17(14-19)9-7-5-4-6-8-10-17/h15,20H,4-14,19H2,1-3H3. The van der Waals surface area contributed by atoms with Crippen LogP contribution in [0, 0.1) is 16.7 Å². The number of hydrogen-bond donors (Lipinski definition) is 2. The van der Waals surface area contributed by atoms with Crippen LogP contribution in [-0.2, 0) is 0 Å². The van der Waals surface area contributed by atoms with Crippen LogP contribution >= 0.6 is 0 Å². The van der Waals surface area contributed by atoms with Gasteiger partial charge in [-0.15, -0.1) is 0 Å². The highest BCUT2D eigenvalue weighted by Gasteiger charge is 2.53. The highest BCUT2D eigenvalue weighted by molar-refractivity contribution is 5.05. The van der Waals surface area contributed by atoms with Crippen molar-refractivity contribution in [3.8, 4) is 0 Å². The molecule has 0 bridgehead atoms. The fraction of sp³-hybridized carbons (Fsp3) is 1.00. The van der Waals surface area contributed by atoms with Crippen molar-refractivity contribution >= 4 is 0 Å².